The lowest BCUT2D eigenvalue weighted by molar-refractivity contribution is 1.12. The van der Waals surface area contributed by atoms with Crippen molar-refractivity contribution < 1.29 is 0 Å². The summed E-state index contributed by atoms with van der Waals surface area (Å²) in [6.07, 6.45) is 1.77. The number of hydrogen-bond donors (Lipinski definition) is 0. The van der Waals surface area contributed by atoms with Crippen molar-refractivity contribution in [1.29, 1.82) is 0 Å². The lowest BCUT2D eigenvalue weighted by Gasteiger charge is -2.08. The number of pyridine rings is 6. The van der Waals surface area contributed by atoms with Crippen LogP contribution in [0.2, 0.25) is 0 Å². The molecule has 6 nitrogen and oxygen atoms in total. The van der Waals surface area contributed by atoms with Crippen LogP contribution in [0.1, 0.15) is 6.92 Å². The average Bonchev–Trinajstić information content (AvgIpc) is 3.02. The van der Waals surface area contributed by atoms with Crippen molar-refractivity contribution in [3.05, 3.63) is 115 Å². The highest BCUT2D eigenvalue weighted by molar-refractivity contribution is 7.99. The van der Waals surface area contributed by atoms with Crippen molar-refractivity contribution in [3.63, 3.8) is 0 Å². The third-order valence-corrected chi connectivity index (χ3v) is 6.80. The Hall–Kier alpha value is -4.75. The predicted molar refractivity (Wildman–Crippen MR) is 157 cm³/mol. The summed E-state index contributed by atoms with van der Waals surface area (Å²) in [5.74, 6) is 0.974. The summed E-state index contributed by atoms with van der Waals surface area (Å²) < 4.78 is 0. The quantitative estimate of drug-likeness (QED) is 0.200. The largest absolute Gasteiger partial charge is 0.255 e. The van der Waals surface area contributed by atoms with Crippen molar-refractivity contribution in [3.8, 4) is 56.9 Å². The van der Waals surface area contributed by atoms with Gasteiger partial charge in [0.25, 0.3) is 0 Å². The Morgan fingerprint density at radius 1 is 0.410 bits per heavy atom. The molecule has 0 saturated heterocycles. The van der Waals surface area contributed by atoms with Gasteiger partial charge in [-0.15, -0.1) is 11.8 Å². The van der Waals surface area contributed by atoms with Gasteiger partial charge in [0.05, 0.1) is 62.0 Å². The molecule has 0 bridgehead atoms. The fraction of sp³-hybridized carbons (Fsp3) is 0.0625. The van der Waals surface area contributed by atoms with E-state index in [-0.39, 0.29) is 0 Å². The van der Waals surface area contributed by atoms with Crippen LogP contribution in [0.5, 0.6) is 0 Å². The molecule has 0 aliphatic rings. The fourth-order valence-corrected chi connectivity index (χ4v) is 4.81. The van der Waals surface area contributed by atoms with Gasteiger partial charge in [-0.1, -0.05) is 43.3 Å². The molecule has 0 atom stereocenters. The van der Waals surface area contributed by atoms with E-state index in [4.69, 9.17) is 24.9 Å². The molecule has 0 amide bonds. The zero-order valence-electron chi connectivity index (χ0n) is 21.3. The Morgan fingerprint density at radius 2 is 0.769 bits per heavy atom. The Morgan fingerprint density at radius 3 is 1.15 bits per heavy atom. The molecule has 39 heavy (non-hydrogen) atoms. The number of rotatable bonds is 7. The molecule has 7 heteroatoms. The van der Waals surface area contributed by atoms with Gasteiger partial charge in [-0.2, -0.15) is 0 Å². The third kappa shape index (κ3) is 5.58. The molecule has 0 aromatic carbocycles. The molecule has 6 rings (SSSR count). The summed E-state index contributed by atoms with van der Waals surface area (Å²) in [5, 5.41) is 0.994. The van der Waals surface area contributed by atoms with Crippen LogP contribution in [-0.4, -0.2) is 35.7 Å². The minimum Gasteiger partial charge on any atom is -0.255 e. The second kappa shape index (κ2) is 11.3. The first-order valence-corrected chi connectivity index (χ1v) is 13.7. The highest BCUT2D eigenvalue weighted by Gasteiger charge is 2.11. The van der Waals surface area contributed by atoms with Gasteiger partial charge in [0, 0.05) is 6.20 Å². The monoisotopic (exact) mass is 524 g/mol. The van der Waals surface area contributed by atoms with Crippen molar-refractivity contribution in [2.24, 2.45) is 0 Å². The minimum atomic E-state index is 0.765. The van der Waals surface area contributed by atoms with E-state index in [1.54, 1.807) is 18.0 Å². The zero-order chi connectivity index (χ0) is 26.4. The van der Waals surface area contributed by atoms with Gasteiger partial charge in [0.1, 0.15) is 0 Å². The molecule has 0 N–H and O–H groups in total. The molecule has 6 aromatic rings. The van der Waals surface area contributed by atoms with Crippen LogP contribution in [0.3, 0.4) is 0 Å². The Kier molecular flexibility index (Phi) is 7.14. The number of nitrogens with zero attached hydrogens (tertiary/aromatic N) is 6. The Labute approximate surface area is 231 Å². The highest BCUT2D eigenvalue weighted by Crippen LogP contribution is 2.26. The molecule has 0 radical (unpaired) electrons. The summed E-state index contributed by atoms with van der Waals surface area (Å²) in [5.41, 5.74) is 7.93. The molecule has 0 aliphatic heterocycles. The number of hydrogen-bond acceptors (Lipinski definition) is 7. The molecule has 0 fully saturated rings. The maximum absolute atomic E-state index is 4.92. The standard InChI is InChI=1S/C32H24N6S/c1-2-39-32-20-9-19-31(38-32)30-18-8-17-29(37-30)28-16-7-15-27(36-28)26-14-6-13-25(35-26)24-12-5-11-23(34-24)22-10-3-4-21-33-22/h3-21H,2H2,1H3. The summed E-state index contributed by atoms with van der Waals surface area (Å²) in [6, 6.07) is 35.5. The van der Waals surface area contributed by atoms with Crippen LogP contribution >= 0.6 is 11.8 Å². The molecule has 6 aromatic heterocycles. The van der Waals surface area contributed by atoms with Crippen LogP contribution in [-0.2, 0) is 0 Å². The van der Waals surface area contributed by atoms with E-state index in [1.165, 1.54) is 0 Å². The van der Waals surface area contributed by atoms with Crippen molar-refractivity contribution in [1.82, 2.24) is 29.9 Å². The number of thioether (sulfide) groups is 1. The van der Waals surface area contributed by atoms with Gasteiger partial charge >= 0.3 is 0 Å². The van der Waals surface area contributed by atoms with Crippen molar-refractivity contribution in [2.45, 2.75) is 11.9 Å². The summed E-state index contributed by atoms with van der Waals surface area (Å²) in [7, 11) is 0. The van der Waals surface area contributed by atoms with Crippen molar-refractivity contribution in [2.75, 3.05) is 5.75 Å². The molecule has 6 heterocycles. The van der Waals surface area contributed by atoms with E-state index >= 15 is 0 Å². The highest BCUT2D eigenvalue weighted by atomic mass is 32.2. The maximum Gasteiger partial charge on any atom is 0.0967 e. The van der Waals surface area contributed by atoms with Gasteiger partial charge in [0.15, 0.2) is 0 Å². The first-order chi connectivity index (χ1) is 19.3. The van der Waals surface area contributed by atoms with Gasteiger partial charge in [-0.05, 0) is 78.5 Å². The molecule has 0 unspecified atom stereocenters. The SMILES string of the molecule is CCSc1cccc(-c2cccc(-c3cccc(-c4cccc(-c5cccc(-c6ccccn6)n5)n4)n3)n2)n1. The lowest BCUT2D eigenvalue weighted by atomic mass is 10.1. The second-order valence-corrected chi connectivity index (χ2v) is 9.93. The maximum atomic E-state index is 4.92. The van der Waals surface area contributed by atoms with Crippen LogP contribution in [0.4, 0.5) is 0 Å². The van der Waals surface area contributed by atoms with E-state index in [1.807, 2.05) is 109 Å². The molecular weight excluding hydrogens is 500 g/mol. The molecule has 0 saturated carbocycles. The molecule has 0 spiro atoms. The zero-order valence-corrected chi connectivity index (χ0v) is 22.1. The first-order valence-electron chi connectivity index (χ1n) is 12.7. The molecule has 188 valence electrons. The van der Waals surface area contributed by atoms with Gasteiger partial charge in [-0.3, -0.25) is 4.98 Å². The predicted octanol–water partition coefficient (Wildman–Crippen LogP) is 7.50. The smallest absolute Gasteiger partial charge is 0.0967 e. The normalized spacial score (nSPS) is 10.9. The van der Waals surface area contributed by atoms with Crippen LogP contribution < -0.4 is 0 Å². The fourth-order valence-electron chi connectivity index (χ4n) is 4.18. The average molecular weight is 525 g/mol. The Bertz CT molecular complexity index is 1740. The van der Waals surface area contributed by atoms with Crippen molar-refractivity contribution >= 4 is 11.8 Å². The summed E-state index contributed by atoms with van der Waals surface area (Å²) in [4.78, 5) is 28.7. The van der Waals surface area contributed by atoms with Crippen LogP contribution in [0.25, 0.3) is 56.9 Å². The van der Waals surface area contributed by atoms with Gasteiger partial charge in [-0.25, -0.2) is 24.9 Å². The van der Waals surface area contributed by atoms with E-state index in [0.29, 0.717) is 0 Å². The van der Waals surface area contributed by atoms with E-state index in [9.17, 15) is 0 Å². The minimum absolute atomic E-state index is 0.765. The Balaban J connectivity index is 1.31. The third-order valence-electron chi connectivity index (χ3n) is 5.99. The van der Waals surface area contributed by atoms with Crippen LogP contribution in [0.15, 0.2) is 120 Å². The lowest BCUT2D eigenvalue weighted by Crippen LogP contribution is -1.96. The topological polar surface area (TPSA) is 77.3 Å². The van der Waals surface area contributed by atoms with Gasteiger partial charge < -0.3 is 0 Å². The first kappa shape index (κ1) is 24.6. The molecular formula is C32H24N6S. The van der Waals surface area contributed by atoms with Gasteiger partial charge in [0.2, 0.25) is 0 Å². The summed E-state index contributed by atoms with van der Waals surface area (Å²) in [6.45, 7) is 2.12. The van der Waals surface area contributed by atoms with E-state index < -0.39 is 0 Å². The second-order valence-electron chi connectivity index (χ2n) is 8.64. The van der Waals surface area contributed by atoms with E-state index in [2.05, 4.69) is 11.9 Å². The summed E-state index contributed by atoms with van der Waals surface area (Å²) >= 11 is 1.72. The molecule has 0 aliphatic carbocycles. The van der Waals surface area contributed by atoms with Crippen LogP contribution in [0, 0.1) is 0 Å². The van der Waals surface area contributed by atoms with E-state index in [0.717, 1.165) is 67.7 Å². The number of aromatic nitrogens is 6.